The molecule has 6 aromatic rings. The van der Waals surface area contributed by atoms with Crippen molar-refractivity contribution in [2.45, 2.75) is 75.0 Å². The molecule has 0 aliphatic heterocycles. The number of nitriles is 4. The second-order valence-electron chi connectivity index (χ2n) is 16.8. The van der Waals surface area contributed by atoms with Crippen molar-refractivity contribution < 1.29 is 9.59 Å². The smallest absolute Gasteiger partial charge is 0.212 e. The van der Waals surface area contributed by atoms with Crippen molar-refractivity contribution in [3.63, 3.8) is 0 Å². The molecule has 0 N–H and O–H groups in total. The van der Waals surface area contributed by atoms with E-state index in [0.717, 1.165) is 61.4 Å². The molecule has 0 saturated heterocycles. The molecule has 2 aromatic carbocycles. The highest BCUT2D eigenvalue weighted by molar-refractivity contribution is 7.35. The predicted molar refractivity (Wildman–Crippen MR) is 246 cm³/mol. The zero-order chi connectivity index (χ0) is 42.1. The van der Waals surface area contributed by atoms with Gasteiger partial charge in [0, 0.05) is 44.2 Å². The summed E-state index contributed by atoms with van der Waals surface area (Å²) in [5.74, 6) is -0.531. The summed E-state index contributed by atoms with van der Waals surface area (Å²) in [5, 5.41) is 41.2. The Morgan fingerprint density at radius 1 is 0.500 bits per heavy atom. The van der Waals surface area contributed by atoms with E-state index in [2.05, 4.69) is 12.1 Å². The van der Waals surface area contributed by atoms with Gasteiger partial charge in [-0.1, -0.05) is 87.1 Å². The van der Waals surface area contributed by atoms with Gasteiger partial charge in [-0.2, -0.15) is 21.0 Å². The molecule has 2 spiro atoms. The molecule has 0 unspecified atom stereocenters. The highest BCUT2D eigenvalue weighted by atomic mass is 32.1. The molecular formula is C50H30N6O2S4. The summed E-state index contributed by atoms with van der Waals surface area (Å²) in [6.45, 7) is 0. The number of thiophene rings is 4. The number of fused-ring (bicyclic) bond motifs is 15. The van der Waals surface area contributed by atoms with Crippen LogP contribution in [-0.4, -0.2) is 23.0 Å². The van der Waals surface area contributed by atoms with Crippen molar-refractivity contribution in [2.75, 3.05) is 0 Å². The van der Waals surface area contributed by atoms with E-state index in [1.165, 1.54) is 64.0 Å². The molecule has 296 valence electrons. The summed E-state index contributed by atoms with van der Waals surface area (Å²) < 4.78 is 2.76. The number of rotatable bonds is 2. The minimum atomic E-state index is -0.266. The Kier molecular flexibility index (Phi) is 8.18. The molecular weight excluding hydrogens is 845 g/mol. The van der Waals surface area contributed by atoms with Gasteiger partial charge in [-0.25, -0.2) is 9.98 Å². The molecule has 12 heteroatoms. The van der Waals surface area contributed by atoms with Crippen LogP contribution in [0.4, 0.5) is 10.0 Å². The average Bonchev–Trinajstić information content (AvgIpc) is 4.18. The van der Waals surface area contributed by atoms with E-state index in [1.54, 1.807) is 59.1 Å². The van der Waals surface area contributed by atoms with Crippen LogP contribution in [0.15, 0.2) is 81.8 Å². The van der Waals surface area contributed by atoms with Crippen molar-refractivity contribution in [3.8, 4) is 43.8 Å². The first kappa shape index (κ1) is 37.4. The third-order valence-corrected chi connectivity index (χ3v) is 18.9. The van der Waals surface area contributed by atoms with Gasteiger partial charge in [-0.05, 0) is 60.1 Å². The van der Waals surface area contributed by atoms with Crippen molar-refractivity contribution >= 4 is 98.9 Å². The Labute approximate surface area is 372 Å². The SMILES string of the molecule is N#CC(C#N)=C1/C(=N/c2cc3c(s2)-c2sc4c5c(sc4c2C32CCCCC2)-c2sc(/N=C3\C(=O)c4ccccc4C3=C(C#N)C#N)cc2C52CCCCC2)C(=O)c2ccccc21. The highest BCUT2D eigenvalue weighted by Crippen LogP contribution is 2.70. The summed E-state index contributed by atoms with van der Waals surface area (Å²) in [4.78, 5) is 42.8. The fourth-order valence-corrected chi connectivity index (χ4v) is 17.2. The molecule has 0 bridgehead atoms. The van der Waals surface area contributed by atoms with Crippen molar-refractivity contribution in [1.82, 2.24) is 0 Å². The molecule has 12 rings (SSSR count). The van der Waals surface area contributed by atoms with Crippen LogP contribution in [0.2, 0.25) is 0 Å². The zero-order valence-electron chi connectivity index (χ0n) is 33.0. The maximum atomic E-state index is 13.8. The van der Waals surface area contributed by atoms with Gasteiger partial charge in [-0.3, -0.25) is 9.59 Å². The Balaban J connectivity index is 1.02. The van der Waals surface area contributed by atoms with Gasteiger partial charge in [0.1, 0.15) is 56.8 Å². The lowest BCUT2D eigenvalue weighted by Gasteiger charge is -2.35. The van der Waals surface area contributed by atoms with Gasteiger partial charge >= 0.3 is 0 Å². The van der Waals surface area contributed by atoms with E-state index in [1.807, 2.05) is 59.1 Å². The molecule has 4 heterocycles. The number of allylic oxidation sites excluding steroid dienone is 4. The van der Waals surface area contributed by atoms with E-state index in [-0.39, 0.29) is 45.0 Å². The van der Waals surface area contributed by atoms with Gasteiger partial charge in [-0.15, -0.1) is 45.3 Å². The van der Waals surface area contributed by atoms with E-state index in [9.17, 15) is 30.6 Å². The quantitative estimate of drug-likeness (QED) is 0.158. The van der Waals surface area contributed by atoms with Gasteiger partial charge in [0.2, 0.25) is 11.6 Å². The first-order valence-corrected chi connectivity index (χ1v) is 24.1. The number of ketones is 2. The van der Waals surface area contributed by atoms with Crippen LogP contribution in [-0.2, 0) is 10.8 Å². The van der Waals surface area contributed by atoms with Crippen LogP contribution in [0.25, 0.3) is 40.1 Å². The maximum absolute atomic E-state index is 13.8. The number of hydrogen-bond acceptors (Lipinski definition) is 12. The van der Waals surface area contributed by atoms with Crippen molar-refractivity contribution in [1.29, 1.82) is 21.0 Å². The Hall–Kier alpha value is -6.38. The minimum Gasteiger partial charge on any atom is -0.287 e. The van der Waals surface area contributed by atoms with Crippen molar-refractivity contribution in [2.24, 2.45) is 9.98 Å². The van der Waals surface area contributed by atoms with Crippen LogP contribution in [0, 0.1) is 45.3 Å². The lowest BCUT2D eigenvalue weighted by atomic mass is 9.67. The van der Waals surface area contributed by atoms with E-state index in [0.29, 0.717) is 33.4 Å². The summed E-state index contributed by atoms with van der Waals surface area (Å²) in [6, 6.07) is 26.7. The van der Waals surface area contributed by atoms with Crippen molar-refractivity contribution in [3.05, 3.63) is 116 Å². The summed E-state index contributed by atoms with van der Waals surface area (Å²) >= 11 is 7.07. The maximum Gasteiger partial charge on any atom is 0.212 e. The summed E-state index contributed by atoms with van der Waals surface area (Å²) in [5.41, 5.74) is 7.94. The molecule has 2 fully saturated rings. The number of hydrogen-bond donors (Lipinski definition) is 0. The highest BCUT2D eigenvalue weighted by Gasteiger charge is 2.53. The molecule has 0 amide bonds. The average molecular weight is 875 g/mol. The third kappa shape index (κ3) is 4.81. The number of aliphatic imine (C=N–C) groups is 2. The Morgan fingerprint density at radius 2 is 0.871 bits per heavy atom. The number of nitrogens with zero attached hydrogens (tertiary/aromatic N) is 6. The van der Waals surface area contributed by atoms with E-state index < -0.39 is 0 Å². The Bertz CT molecular complexity index is 3150. The standard InChI is InChI=1S/C50H30N6O2S4/c51-21-25(22-52)35-27-11-3-5-13-29(27)41(57)39(35)55-33-19-31-43(59-33)45-37(49(31)15-7-1-8-16-49)47-48(61-45)38-46(62-47)44-32(50(38)17-9-2-10-18-50)20-34(60-44)56-40-36(26(23-53)24-54)28-12-4-6-14-30(28)42(40)58/h3-6,11-14,19-20H,1-2,7-10,15-18H2/b55-39-,56-40-. The summed E-state index contributed by atoms with van der Waals surface area (Å²) in [7, 11) is 0. The monoisotopic (exact) mass is 874 g/mol. The minimum absolute atomic E-state index is 0.111. The molecule has 62 heavy (non-hydrogen) atoms. The molecule has 6 aliphatic carbocycles. The molecule has 6 aliphatic rings. The third-order valence-electron chi connectivity index (χ3n) is 14.0. The normalized spacial score (nSPS) is 19.5. The number of carbonyl (C=O) groups is 2. The fourth-order valence-electron chi connectivity index (χ4n) is 11.4. The molecule has 0 atom stereocenters. The van der Waals surface area contributed by atoms with Gasteiger partial charge in [0.05, 0.1) is 28.9 Å². The van der Waals surface area contributed by atoms with Gasteiger partial charge in [0.15, 0.2) is 0 Å². The van der Waals surface area contributed by atoms with Crippen LogP contribution >= 0.6 is 45.3 Å². The Morgan fingerprint density at radius 3 is 1.24 bits per heavy atom. The number of benzene rings is 2. The van der Waals surface area contributed by atoms with Crippen LogP contribution in [0.1, 0.15) is 118 Å². The van der Waals surface area contributed by atoms with E-state index in [4.69, 9.17) is 9.98 Å². The van der Waals surface area contributed by atoms with E-state index >= 15 is 0 Å². The lowest BCUT2D eigenvalue weighted by Crippen LogP contribution is -2.28. The largest absolute Gasteiger partial charge is 0.287 e. The number of Topliss-reactive ketones (excluding diaryl/α,β-unsaturated/α-hetero) is 2. The first-order valence-electron chi connectivity index (χ1n) is 20.8. The molecule has 4 aromatic heterocycles. The second kappa shape index (κ2) is 13.6. The molecule has 0 radical (unpaired) electrons. The fraction of sp³-hybridized carbons (Fsp3) is 0.240. The topological polar surface area (TPSA) is 154 Å². The van der Waals surface area contributed by atoms with Crippen LogP contribution in [0.3, 0.4) is 0 Å². The second-order valence-corrected chi connectivity index (χ2v) is 20.9. The first-order chi connectivity index (χ1) is 30.4. The van der Waals surface area contributed by atoms with Crippen LogP contribution in [0.5, 0.6) is 0 Å². The van der Waals surface area contributed by atoms with Gasteiger partial charge < -0.3 is 0 Å². The van der Waals surface area contributed by atoms with Gasteiger partial charge in [0.25, 0.3) is 0 Å². The van der Waals surface area contributed by atoms with Crippen LogP contribution < -0.4 is 0 Å². The lowest BCUT2D eigenvalue weighted by molar-refractivity contribution is 0.106. The predicted octanol–water partition coefficient (Wildman–Crippen LogP) is 13.1. The summed E-state index contributed by atoms with van der Waals surface area (Å²) in [6.07, 6.45) is 11.0. The zero-order valence-corrected chi connectivity index (χ0v) is 36.2. The molecule has 2 saturated carbocycles. The number of carbonyl (C=O) groups excluding carboxylic acids is 2. The molecule has 8 nitrogen and oxygen atoms in total.